The SMILES string of the molecule is CCCCC/C=C\C/C=C\C/C=C\C/C=C\C/C=C\CCC(=O)O[C@@H]1COC(=O)CCC/C=C/C[C@@H]2[C@@H](O)[C@H](O)[C@@H](O)[C@H](OP(=O)(O)OC1)[C@H](O)[C@H](O)[C@@H](C=C[C@@H](O)CCCCC)[C@H](O)C[C@@H]2O. The fourth-order valence-corrected chi connectivity index (χ4v) is 8.65. The maximum atomic E-state index is 13.5. The zero-order valence-electron chi connectivity index (χ0n) is 40.2. The molecule has 1 fully saturated rings. The van der Waals surface area contributed by atoms with Crippen LogP contribution in [0.3, 0.4) is 0 Å². The number of esters is 2. The summed E-state index contributed by atoms with van der Waals surface area (Å²) in [5.41, 5.74) is 0. The van der Waals surface area contributed by atoms with Crippen LogP contribution >= 0.6 is 7.82 Å². The van der Waals surface area contributed by atoms with E-state index in [1.807, 2.05) is 25.2 Å². The second kappa shape index (κ2) is 35.9. The monoisotopic (exact) mass is 983 g/mol. The van der Waals surface area contributed by atoms with Gasteiger partial charge >= 0.3 is 19.8 Å². The number of allylic oxidation sites excluding steroid dienone is 12. The topological polar surface area (TPSA) is 270 Å². The van der Waals surface area contributed by atoms with Crippen molar-refractivity contribution in [3.8, 4) is 0 Å². The summed E-state index contributed by atoms with van der Waals surface area (Å²) in [5, 5.41) is 90.2. The number of fused-ring (bicyclic) bond motifs is 4. The molecule has 1 aliphatic heterocycles. The predicted octanol–water partition coefficient (Wildman–Crippen LogP) is 6.44. The van der Waals surface area contributed by atoms with E-state index in [0.717, 1.165) is 38.5 Å². The van der Waals surface area contributed by atoms with Crippen LogP contribution in [-0.2, 0) is 32.7 Å². The second-order valence-electron chi connectivity index (χ2n) is 17.6. The van der Waals surface area contributed by atoms with Crippen molar-refractivity contribution >= 4 is 19.8 Å². The predicted molar refractivity (Wildman–Crippen MR) is 260 cm³/mol. The molecule has 1 heterocycles. The van der Waals surface area contributed by atoms with Crippen LogP contribution in [0.15, 0.2) is 85.1 Å². The van der Waals surface area contributed by atoms with E-state index in [2.05, 4.69) is 43.4 Å². The highest BCUT2D eigenvalue weighted by atomic mass is 31.2. The van der Waals surface area contributed by atoms with E-state index in [1.54, 1.807) is 18.2 Å². The Bertz CT molecular complexity index is 1640. The van der Waals surface area contributed by atoms with Gasteiger partial charge in [0.25, 0.3) is 0 Å². The van der Waals surface area contributed by atoms with E-state index in [0.29, 0.717) is 38.5 Å². The normalized spacial score (nSPS) is 32.2. The summed E-state index contributed by atoms with van der Waals surface area (Å²) in [6.07, 6.45) is 18.3. The lowest BCUT2D eigenvalue weighted by atomic mass is 9.83. The van der Waals surface area contributed by atoms with E-state index in [4.69, 9.17) is 18.5 Å². The van der Waals surface area contributed by atoms with E-state index in [9.17, 15) is 59.9 Å². The first-order chi connectivity index (χ1) is 32.6. The van der Waals surface area contributed by atoms with Gasteiger partial charge in [0.2, 0.25) is 0 Å². The largest absolute Gasteiger partial charge is 0.472 e. The van der Waals surface area contributed by atoms with Crippen molar-refractivity contribution in [2.45, 2.75) is 197 Å². The Hall–Kier alpha value is -3.09. The summed E-state index contributed by atoms with van der Waals surface area (Å²) in [6.45, 7) is 2.73. The average molecular weight is 983 g/mol. The zero-order chi connectivity index (χ0) is 50.2. The van der Waals surface area contributed by atoms with Gasteiger partial charge in [0, 0.05) is 31.1 Å². The molecule has 1 unspecified atom stereocenters. The molecule has 1 saturated carbocycles. The molecule has 2 bridgehead atoms. The standard InChI is InChI=1S/C51H83O16P/c1-3-5-7-8-9-10-11-12-13-14-15-16-17-18-19-20-21-22-28-32-45(56)66-39-36-64-44(55)31-27-24-23-26-30-40-42(53)35-43(54)41(34-33-38(52)29-25-6-4-2)47(58)49(60)51(50(61)48(59)46(40)57)67-68(62,63)65-37-39/h9-10,12-13,15-16,18-19,21-23,26,33-34,38-43,46-54,57-61H,3-8,11,14,17,20,24-25,27-32,35-37H2,1-2H3,(H,62,63)/b10-9-,13-12-,16-15-,19-18-,22-21-,26-23+,34-33?/t38-,39+,40-,41-,42-,43+,46+,47+,48-,49+,50+,51+/m0/s1. The average Bonchev–Trinajstić information content (AvgIpc) is 3.31. The van der Waals surface area contributed by atoms with E-state index < -0.39 is 112 Å². The molecule has 388 valence electrons. The molecule has 1 aliphatic carbocycles. The van der Waals surface area contributed by atoms with Crippen LogP contribution in [0.25, 0.3) is 0 Å². The van der Waals surface area contributed by atoms with E-state index >= 15 is 0 Å². The molecular weight excluding hydrogens is 900 g/mol. The van der Waals surface area contributed by atoms with Gasteiger partial charge in [-0.05, 0) is 70.6 Å². The molecule has 17 heteroatoms. The Labute approximate surface area is 404 Å². The molecule has 68 heavy (non-hydrogen) atoms. The van der Waals surface area contributed by atoms with Gasteiger partial charge in [0.1, 0.15) is 31.0 Å². The van der Waals surface area contributed by atoms with E-state index in [-0.39, 0.29) is 19.3 Å². The van der Waals surface area contributed by atoms with Crippen molar-refractivity contribution in [3.05, 3.63) is 85.1 Å². The van der Waals surface area contributed by atoms with Gasteiger partial charge in [-0.3, -0.25) is 18.6 Å². The van der Waals surface area contributed by atoms with Crippen molar-refractivity contribution < 1.29 is 78.4 Å². The number of hydrogen-bond acceptors (Lipinski definition) is 15. The van der Waals surface area contributed by atoms with Gasteiger partial charge in [-0.2, -0.15) is 0 Å². The van der Waals surface area contributed by atoms with E-state index in [1.165, 1.54) is 31.4 Å². The Balaban J connectivity index is 2.17. The van der Waals surface area contributed by atoms with Crippen LogP contribution < -0.4 is 0 Å². The van der Waals surface area contributed by atoms with Crippen LogP contribution in [0, 0.1) is 11.8 Å². The van der Waals surface area contributed by atoms with Crippen molar-refractivity contribution in [2.24, 2.45) is 11.8 Å². The third-order valence-electron chi connectivity index (χ3n) is 11.8. The van der Waals surface area contributed by atoms with Crippen LogP contribution in [0.2, 0.25) is 0 Å². The Morgan fingerprint density at radius 2 is 1.34 bits per heavy atom. The van der Waals surface area contributed by atoms with Crippen molar-refractivity contribution in [1.29, 1.82) is 0 Å². The minimum absolute atomic E-state index is 0.0619. The molecule has 0 radical (unpaired) electrons. The number of cyclic esters (lactones) is 1. The van der Waals surface area contributed by atoms with Crippen molar-refractivity contribution in [1.82, 2.24) is 0 Å². The highest BCUT2D eigenvalue weighted by molar-refractivity contribution is 7.47. The maximum Gasteiger partial charge on any atom is 0.472 e. The summed E-state index contributed by atoms with van der Waals surface area (Å²) in [5.74, 6) is -4.16. The molecule has 0 aromatic rings. The maximum absolute atomic E-state index is 13.5. The molecule has 0 spiro atoms. The first kappa shape index (κ1) is 61.0. The Morgan fingerprint density at radius 3 is 1.97 bits per heavy atom. The molecule has 0 aromatic heterocycles. The number of aliphatic hydroxyl groups is 8. The molecule has 0 amide bonds. The van der Waals surface area contributed by atoms with Gasteiger partial charge in [0.05, 0.1) is 37.1 Å². The number of ether oxygens (including phenoxy) is 2. The summed E-state index contributed by atoms with van der Waals surface area (Å²) in [7, 11) is -5.47. The number of phosphoric acid groups is 1. The van der Waals surface area contributed by atoms with Gasteiger partial charge in [-0.1, -0.05) is 131 Å². The van der Waals surface area contributed by atoms with Crippen molar-refractivity contribution in [2.75, 3.05) is 13.2 Å². The number of hydrogen-bond donors (Lipinski definition) is 9. The molecule has 9 N–H and O–H groups in total. The smallest absolute Gasteiger partial charge is 0.462 e. The molecule has 0 aromatic carbocycles. The number of carbonyl (C=O) groups is 2. The van der Waals surface area contributed by atoms with Gasteiger partial charge in [-0.25, -0.2) is 4.57 Å². The molecule has 0 saturated heterocycles. The summed E-state index contributed by atoms with van der Waals surface area (Å²) < 4.78 is 34.7. The van der Waals surface area contributed by atoms with Gasteiger partial charge in [-0.15, -0.1) is 0 Å². The number of unbranched alkanes of at least 4 members (excludes halogenated alkanes) is 5. The first-order valence-electron chi connectivity index (χ1n) is 24.6. The highest BCUT2D eigenvalue weighted by Crippen LogP contribution is 2.47. The molecule has 2 rings (SSSR count). The molecule has 2 aliphatic rings. The quantitative estimate of drug-likeness (QED) is 0.0245. The third kappa shape index (κ3) is 25.7. The van der Waals surface area contributed by atoms with Crippen LogP contribution in [0.1, 0.15) is 136 Å². The van der Waals surface area contributed by atoms with Gasteiger partial charge in [0.15, 0.2) is 6.10 Å². The van der Waals surface area contributed by atoms with Crippen molar-refractivity contribution in [3.63, 3.8) is 0 Å². The minimum atomic E-state index is -5.47. The number of aliphatic hydroxyl groups excluding tert-OH is 8. The minimum Gasteiger partial charge on any atom is -0.462 e. The lowest BCUT2D eigenvalue weighted by molar-refractivity contribution is -0.167. The fraction of sp³-hybridized carbons (Fsp3) is 0.686. The third-order valence-corrected chi connectivity index (χ3v) is 12.8. The van der Waals surface area contributed by atoms with Gasteiger partial charge < -0.3 is 55.2 Å². The molecule has 16 nitrogen and oxygen atoms in total. The van der Waals surface area contributed by atoms with Crippen LogP contribution in [0.4, 0.5) is 0 Å². The van der Waals surface area contributed by atoms with Crippen LogP contribution in [-0.4, -0.2) is 132 Å². The number of carbonyl (C=O) groups excluding carboxylic acids is 2. The zero-order valence-corrected chi connectivity index (χ0v) is 41.1. The Morgan fingerprint density at radius 1 is 0.750 bits per heavy atom. The fourth-order valence-electron chi connectivity index (χ4n) is 7.68. The molecule has 13 atom stereocenters. The Kier molecular flexibility index (Phi) is 32.2. The summed E-state index contributed by atoms with van der Waals surface area (Å²) in [6, 6.07) is 0. The number of phosphoric ester groups is 1. The first-order valence-corrected chi connectivity index (χ1v) is 26.1. The summed E-state index contributed by atoms with van der Waals surface area (Å²) >= 11 is 0. The molecular formula is C51H83O16P. The highest BCUT2D eigenvalue weighted by Gasteiger charge is 2.49. The number of rotatable bonds is 22. The lowest BCUT2D eigenvalue weighted by Crippen LogP contribution is -2.55. The lowest BCUT2D eigenvalue weighted by Gasteiger charge is -2.37. The van der Waals surface area contributed by atoms with Crippen LogP contribution in [0.5, 0.6) is 0 Å². The second-order valence-corrected chi connectivity index (χ2v) is 19.0. The summed E-state index contributed by atoms with van der Waals surface area (Å²) in [4.78, 5) is 36.5.